The molecule has 6 nitrogen and oxygen atoms in total. The summed E-state index contributed by atoms with van der Waals surface area (Å²) in [6.45, 7) is 0.370. The van der Waals surface area contributed by atoms with Crippen molar-refractivity contribution in [3.63, 3.8) is 0 Å². The van der Waals surface area contributed by atoms with Gasteiger partial charge in [-0.15, -0.1) is 12.4 Å². The summed E-state index contributed by atoms with van der Waals surface area (Å²) < 4.78 is 40.6. The van der Waals surface area contributed by atoms with Gasteiger partial charge in [0.05, 0.1) is 10.6 Å². The van der Waals surface area contributed by atoms with Crippen LogP contribution in [-0.4, -0.2) is 26.9 Å². The number of nitrogens with two attached hydrogens (primary N) is 1. The van der Waals surface area contributed by atoms with Gasteiger partial charge in [-0.1, -0.05) is 12.1 Å². The van der Waals surface area contributed by atoms with Gasteiger partial charge >= 0.3 is 0 Å². The van der Waals surface area contributed by atoms with Gasteiger partial charge in [0.2, 0.25) is 0 Å². The predicted molar refractivity (Wildman–Crippen MR) is 104 cm³/mol. The van der Waals surface area contributed by atoms with Gasteiger partial charge in [-0.2, -0.15) is 0 Å². The number of carbonyl (C=O) groups excluding carboxylic acids is 1. The lowest BCUT2D eigenvalue weighted by atomic mass is 10.1. The van der Waals surface area contributed by atoms with Crippen molar-refractivity contribution in [2.75, 3.05) is 11.3 Å². The Morgan fingerprint density at radius 2 is 1.78 bits per heavy atom. The van der Waals surface area contributed by atoms with Crippen molar-refractivity contribution in [1.29, 1.82) is 0 Å². The van der Waals surface area contributed by atoms with E-state index in [0.717, 1.165) is 12.8 Å². The highest BCUT2D eigenvalue weighted by molar-refractivity contribution is 7.92. The molecular formula is C18H21ClFN3O3S. The summed E-state index contributed by atoms with van der Waals surface area (Å²) in [6.07, 6.45) is 2.11. The van der Waals surface area contributed by atoms with E-state index in [1.807, 2.05) is 0 Å². The van der Waals surface area contributed by atoms with Gasteiger partial charge in [0.25, 0.3) is 15.9 Å². The number of carbonyl (C=O) groups is 1. The van der Waals surface area contributed by atoms with Gasteiger partial charge in [-0.05, 0) is 55.2 Å². The fraction of sp³-hybridized carbons (Fsp3) is 0.278. The summed E-state index contributed by atoms with van der Waals surface area (Å²) >= 11 is 0. The monoisotopic (exact) mass is 413 g/mol. The van der Waals surface area contributed by atoms with Crippen LogP contribution in [0.4, 0.5) is 10.1 Å². The number of sulfonamides is 1. The number of para-hydroxylation sites is 1. The van der Waals surface area contributed by atoms with Gasteiger partial charge < -0.3 is 11.1 Å². The molecule has 146 valence electrons. The lowest BCUT2D eigenvalue weighted by molar-refractivity contribution is 0.0933. The molecule has 1 saturated carbocycles. The fourth-order valence-corrected chi connectivity index (χ4v) is 3.72. The Hall–Kier alpha value is -2.16. The highest BCUT2D eigenvalue weighted by Gasteiger charge is 2.31. The fourth-order valence-electron chi connectivity index (χ4n) is 2.65. The Balaban J connectivity index is 0.00000261. The van der Waals surface area contributed by atoms with Crippen molar-refractivity contribution in [2.45, 2.75) is 23.8 Å². The second-order valence-corrected chi connectivity index (χ2v) is 7.95. The van der Waals surface area contributed by atoms with Gasteiger partial charge in [-0.25, -0.2) is 12.8 Å². The van der Waals surface area contributed by atoms with Gasteiger partial charge in [0, 0.05) is 18.2 Å². The minimum Gasteiger partial charge on any atom is -0.348 e. The zero-order valence-electron chi connectivity index (χ0n) is 14.4. The smallest absolute Gasteiger partial charge is 0.261 e. The minimum atomic E-state index is -3.95. The Morgan fingerprint density at radius 1 is 1.15 bits per heavy atom. The second-order valence-electron chi connectivity index (χ2n) is 6.26. The number of amides is 1. The summed E-state index contributed by atoms with van der Waals surface area (Å²) in [4.78, 5) is 12.2. The lowest BCUT2D eigenvalue weighted by Crippen LogP contribution is -2.41. The largest absolute Gasteiger partial charge is 0.348 e. The van der Waals surface area contributed by atoms with E-state index in [-0.39, 0.29) is 34.9 Å². The number of hydrogen-bond donors (Lipinski definition) is 3. The summed E-state index contributed by atoms with van der Waals surface area (Å²) in [5.74, 6) is -0.535. The van der Waals surface area contributed by atoms with Gasteiger partial charge in [0.1, 0.15) is 5.82 Å². The summed E-state index contributed by atoms with van der Waals surface area (Å²) in [5, 5.41) is 2.87. The van der Waals surface area contributed by atoms with E-state index >= 15 is 0 Å². The van der Waals surface area contributed by atoms with Gasteiger partial charge in [0.15, 0.2) is 0 Å². The molecule has 1 atom stereocenters. The van der Waals surface area contributed by atoms with Crippen LogP contribution in [0.2, 0.25) is 0 Å². The van der Waals surface area contributed by atoms with Crippen LogP contribution in [0.1, 0.15) is 23.2 Å². The predicted octanol–water partition coefficient (Wildman–Crippen LogP) is 2.52. The highest BCUT2D eigenvalue weighted by atomic mass is 35.5. The molecule has 0 radical (unpaired) electrons. The van der Waals surface area contributed by atoms with Crippen molar-refractivity contribution >= 4 is 34.0 Å². The van der Waals surface area contributed by atoms with Gasteiger partial charge in [-0.3, -0.25) is 9.52 Å². The van der Waals surface area contributed by atoms with E-state index in [2.05, 4.69) is 10.0 Å². The van der Waals surface area contributed by atoms with E-state index < -0.39 is 15.8 Å². The third kappa shape index (κ3) is 5.18. The van der Waals surface area contributed by atoms with Crippen LogP contribution < -0.4 is 15.8 Å². The molecule has 27 heavy (non-hydrogen) atoms. The maximum absolute atomic E-state index is 13.6. The number of hydrogen-bond acceptors (Lipinski definition) is 4. The van der Waals surface area contributed by atoms with Crippen LogP contribution in [-0.2, 0) is 10.0 Å². The Labute approximate surface area is 163 Å². The van der Waals surface area contributed by atoms with Crippen molar-refractivity contribution in [2.24, 2.45) is 11.7 Å². The van der Waals surface area contributed by atoms with E-state index in [9.17, 15) is 17.6 Å². The molecule has 0 aromatic heterocycles. The van der Waals surface area contributed by atoms with E-state index in [0.29, 0.717) is 18.0 Å². The number of benzene rings is 2. The SMILES string of the molecule is Cl.NCC(NC(=O)c1ccc(S(=O)(=O)Nc2ccccc2F)cc1)C1CC1. The molecule has 1 aliphatic rings. The molecular weight excluding hydrogens is 393 g/mol. The molecule has 0 saturated heterocycles. The first-order valence-electron chi connectivity index (χ1n) is 8.29. The van der Waals surface area contributed by atoms with Crippen molar-refractivity contribution < 1.29 is 17.6 Å². The zero-order chi connectivity index (χ0) is 18.7. The van der Waals surface area contributed by atoms with E-state index in [1.54, 1.807) is 0 Å². The average Bonchev–Trinajstić information content (AvgIpc) is 3.46. The molecule has 2 aromatic rings. The molecule has 9 heteroatoms. The first-order chi connectivity index (χ1) is 12.4. The average molecular weight is 414 g/mol. The van der Waals surface area contributed by atoms with Crippen LogP contribution in [0.25, 0.3) is 0 Å². The zero-order valence-corrected chi connectivity index (χ0v) is 16.0. The number of halogens is 2. The third-order valence-electron chi connectivity index (χ3n) is 4.31. The van der Waals surface area contributed by atoms with Crippen molar-refractivity contribution in [3.8, 4) is 0 Å². The number of nitrogens with one attached hydrogen (secondary N) is 2. The van der Waals surface area contributed by atoms with Crippen LogP contribution in [0.5, 0.6) is 0 Å². The summed E-state index contributed by atoms with van der Waals surface area (Å²) in [7, 11) is -3.95. The second kappa shape index (κ2) is 8.69. The standard InChI is InChI=1S/C18H20FN3O3S.ClH/c19-15-3-1-2-4-16(15)22-26(24,25)14-9-7-13(8-10-14)18(23)21-17(11-20)12-5-6-12;/h1-4,7-10,12,17,22H,5-6,11,20H2,(H,21,23);1H. The first kappa shape index (κ1) is 21.1. The van der Waals surface area contributed by atoms with Crippen molar-refractivity contribution in [3.05, 3.63) is 59.9 Å². The molecule has 1 aliphatic carbocycles. The molecule has 0 heterocycles. The molecule has 4 N–H and O–H groups in total. The number of anilines is 1. The molecule has 0 aliphatic heterocycles. The molecule has 0 spiro atoms. The maximum Gasteiger partial charge on any atom is 0.261 e. The third-order valence-corrected chi connectivity index (χ3v) is 5.69. The normalized spacial score (nSPS) is 14.7. The number of rotatable bonds is 7. The van der Waals surface area contributed by atoms with E-state index in [4.69, 9.17) is 5.73 Å². The molecule has 1 amide bonds. The quantitative estimate of drug-likeness (QED) is 0.649. The van der Waals surface area contributed by atoms with Crippen molar-refractivity contribution in [1.82, 2.24) is 5.32 Å². The molecule has 1 unspecified atom stereocenters. The lowest BCUT2D eigenvalue weighted by Gasteiger charge is -2.16. The van der Waals surface area contributed by atoms with E-state index in [1.165, 1.54) is 48.5 Å². The Bertz CT molecular complexity index is 902. The highest BCUT2D eigenvalue weighted by Crippen LogP contribution is 2.32. The molecule has 2 aromatic carbocycles. The Morgan fingerprint density at radius 3 is 2.33 bits per heavy atom. The molecule has 1 fully saturated rings. The molecule has 0 bridgehead atoms. The molecule has 3 rings (SSSR count). The topological polar surface area (TPSA) is 101 Å². The van der Waals surface area contributed by atoms with Crippen LogP contribution in [0.3, 0.4) is 0 Å². The summed E-state index contributed by atoms with van der Waals surface area (Å²) in [6, 6.07) is 10.9. The first-order valence-corrected chi connectivity index (χ1v) is 9.77. The Kier molecular flexibility index (Phi) is 6.80. The van der Waals surface area contributed by atoms with Crippen LogP contribution >= 0.6 is 12.4 Å². The maximum atomic E-state index is 13.6. The summed E-state index contributed by atoms with van der Waals surface area (Å²) in [5.41, 5.74) is 5.88. The van der Waals surface area contributed by atoms with Crippen LogP contribution in [0, 0.1) is 11.7 Å². The minimum absolute atomic E-state index is 0. The van der Waals surface area contributed by atoms with Crippen LogP contribution in [0.15, 0.2) is 53.4 Å².